The lowest BCUT2D eigenvalue weighted by molar-refractivity contribution is -0.123. The Balaban J connectivity index is 2.69. The first-order valence-corrected chi connectivity index (χ1v) is 5.96. The maximum atomic E-state index is 13.5. The third-order valence-electron chi connectivity index (χ3n) is 2.76. The number of ether oxygens (including phenoxy) is 1. The minimum absolute atomic E-state index is 0.171. The number of benzene rings is 1. The van der Waals surface area contributed by atoms with Gasteiger partial charge in [0.05, 0.1) is 12.1 Å². The minimum Gasteiger partial charge on any atom is -0.385 e. The summed E-state index contributed by atoms with van der Waals surface area (Å²) in [6.45, 7) is 1.85. The number of carbonyl (C=O) groups is 1. The van der Waals surface area contributed by atoms with Crippen molar-refractivity contribution in [2.24, 2.45) is 5.73 Å². The normalized spacial score (nSPS) is 13.9. The van der Waals surface area contributed by atoms with Crippen LogP contribution >= 0.6 is 0 Å². The Bertz CT molecular complexity index is 420. The fraction of sp³-hybridized carbons (Fsp3) is 0.462. The topological polar surface area (TPSA) is 64.3 Å². The molecule has 0 saturated heterocycles. The van der Waals surface area contributed by atoms with Crippen LogP contribution in [0.4, 0.5) is 8.78 Å². The summed E-state index contributed by atoms with van der Waals surface area (Å²) in [5.74, 6) is -1.86. The molecule has 1 rings (SSSR count). The minimum atomic E-state index is -0.790. The Hall–Kier alpha value is -1.53. The molecule has 0 spiro atoms. The van der Waals surface area contributed by atoms with Gasteiger partial charge in [-0.2, -0.15) is 0 Å². The monoisotopic (exact) mass is 272 g/mol. The van der Waals surface area contributed by atoms with Crippen molar-refractivity contribution < 1.29 is 18.3 Å². The number of halogens is 2. The molecule has 6 heteroatoms. The molecule has 106 valence electrons. The number of nitrogens with one attached hydrogen (secondary N) is 1. The Kier molecular flexibility index (Phi) is 5.85. The molecule has 2 atom stereocenters. The van der Waals surface area contributed by atoms with Gasteiger partial charge in [0.2, 0.25) is 5.91 Å². The summed E-state index contributed by atoms with van der Waals surface area (Å²) in [7, 11) is 1.50. The molecule has 2 unspecified atom stereocenters. The van der Waals surface area contributed by atoms with Crippen LogP contribution in [0.5, 0.6) is 0 Å². The lowest BCUT2D eigenvalue weighted by atomic mass is 10.1. The van der Waals surface area contributed by atoms with E-state index in [0.717, 1.165) is 12.1 Å². The maximum Gasteiger partial charge on any atom is 0.237 e. The molecule has 0 radical (unpaired) electrons. The van der Waals surface area contributed by atoms with Crippen molar-refractivity contribution in [2.75, 3.05) is 13.7 Å². The highest BCUT2D eigenvalue weighted by Crippen LogP contribution is 2.20. The van der Waals surface area contributed by atoms with E-state index in [1.54, 1.807) is 0 Å². The molecule has 4 nitrogen and oxygen atoms in total. The Morgan fingerprint density at radius 2 is 2.00 bits per heavy atom. The van der Waals surface area contributed by atoms with Gasteiger partial charge < -0.3 is 15.8 Å². The summed E-state index contributed by atoms with van der Waals surface area (Å²) in [4.78, 5) is 11.7. The number of hydrogen-bond donors (Lipinski definition) is 2. The SMILES string of the molecule is COCCC(N)C(=O)NC(C)c1c(F)cccc1F. The van der Waals surface area contributed by atoms with Crippen molar-refractivity contribution in [3.05, 3.63) is 35.4 Å². The fourth-order valence-electron chi connectivity index (χ4n) is 1.69. The average Bonchev–Trinajstić information content (AvgIpc) is 2.35. The first-order valence-electron chi connectivity index (χ1n) is 5.96. The summed E-state index contributed by atoms with van der Waals surface area (Å²) in [6, 6.07) is 2.00. The van der Waals surface area contributed by atoms with Gasteiger partial charge in [0.1, 0.15) is 11.6 Å². The van der Waals surface area contributed by atoms with Crippen LogP contribution in [-0.4, -0.2) is 25.7 Å². The molecule has 0 bridgehead atoms. The van der Waals surface area contributed by atoms with Gasteiger partial charge in [-0.3, -0.25) is 4.79 Å². The van der Waals surface area contributed by atoms with E-state index in [-0.39, 0.29) is 5.56 Å². The molecule has 0 aliphatic heterocycles. The predicted molar refractivity (Wildman–Crippen MR) is 67.4 cm³/mol. The van der Waals surface area contributed by atoms with Crippen LogP contribution < -0.4 is 11.1 Å². The smallest absolute Gasteiger partial charge is 0.237 e. The van der Waals surface area contributed by atoms with Gasteiger partial charge in [-0.05, 0) is 25.5 Å². The second-order valence-corrected chi connectivity index (χ2v) is 4.25. The summed E-state index contributed by atoms with van der Waals surface area (Å²) < 4.78 is 31.8. The van der Waals surface area contributed by atoms with Gasteiger partial charge in [-0.1, -0.05) is 6.07 Å². The van der Waals surface area contributed by atoms with Crippen LogP contribution in [0.25, 0.3) is 0 Å². The van der Waals surface area contributed by atoms with Crippen molar-refractivity contribution >= 4 is 5.91 Å². The van der Waals surface area contributed by atoms with Crippen LogP contribution in [0.1, 0.15) is 24.9 Å². The van der Waals surface area contributed by atoms with Crippen molar-refractivity contribution in [3.63, 3.8) is 0 Å². The largest absolute Gasteiger partial charge is 0.385 e. The zero-order valence-corrected chi connectivity index (χ0v) is 11.0. The number of methoxy groups -OCH3 is 1. The molecule has 3 N–H and O–H groups in total. The predicted octanol–water partition coefficient (Wildman–Crippen LogP) is 1.51. The lowest BCUT2D eigenvalue weighted by Crippen LogP contribution is -2.42. The number of rotatable bonds is 6. The third-order valence-corrected chi connectivity index (χ3v) is 2.76. The fourth-order valence-corrected chi connectivity index (χ4v) is 1.69. The van der Waals surface area contributed by atoms with Crippen molar-refractivity contribution in [2.45, 2.75) is 25.4 Å². The molecule has 1 aromatic rings. The molecule has 1 aromatic carbocycles. The highest BCUT2D eigenvalue weighted by Gasteiger charge is 2.20. The van der Waals surface area contributed by atoms with Gasteiger partial charge in [0.15, 0.2) is 0 Å². The zero-order chi connectivity index (χ0) is 14.4. The molecular weight excluding hydrogens is 254 g/mol. The molecule has 0 aliphatic carbocycles. The van der Waals surface area contributed by atoms with Crippen molar-refractivity contribution in [3.8, 4) is 0 Å². The van der Waals surface area contributed by atoms with Gasteiger partial charge in [0, 0.05) is 19.3 Å². The molecule has 0 heterocycles. The van der Waals surface area contributed by atoms with E-state index >= 15 is 0 Å². The molecular formula is C13H18F2N2O2. The van der Waals surface area contributed by atoms with E-state index in [1.165, 1.54) is 20.1 Å². The van der Waals surface area contributed by atoms with Crippen LogP contribution in [0.2, 0.25) is 0 Å². The Morgan fingerprint density at radius 3 is 2.53 bits per heavy atom. The van der Waals surface area contributed by atoms with Crippen LogP contribution in [-0.2, 0) is 9.53 Å². The molecule has 0 fully saturated rings. The quantitative estimate of drug-likeness (QED) is 0.825. The molecule has 1 amide bonds. The molecule has 0 aromatic heterocycles. The zero-order valence-electron chi connectivity index (χ0n) is 11.0. The van der Waals surface area contributed by atoms with Crippen LogP contribution in [0.15, 0.2) is 18.2 Å². The molecule has 0 saturated carbocycles. The second kappa shape index (κ2) is 7.16. The summed E-state index contributed by atoms with van der Waals surface area (Å²) in [5.41, 5.74) is 5.45. The highest BCUT2D eigenvalue weighted by molar-refractivity contribution is 5.81. The lowest BCUT2D eigenvalue weighted by Gasteiger charge is -2.18. The van der Waals surface area contributed by atoms with E-state index in [4.69, 9.17) is 10.5 Å². The molecule has 19 heavy (non-hydrogen) atoms. The number of hydrogen-bond acceptors (Lipinski definition) is 3. The van der Waals surface area contributed by atoms with E-state index in [9.17, 15) is 13.6 Å². The van der Waals surface area contributed by atoms with E-state index in [1.807, 2.05) is 0 Å². The van der Waals surface area contributed by atoms with Crippen molar-refractivity contribution in [1.29, 1.82) is 0 Å². The van der Waals surface area contributed by atoms with Gasteiger partial charge >= 0.3 is 0 Å². The Morgan fingerprint density at radius 1 is 1.42 bits per heavy atom. The summed E-state index contributed by atoms with van der Waals surface area (Å²) in [6.07, 6.45) is 0.342. The maximum absolute atomic E-state index is 13.5. The number of nitrogens with two attached hydrogens (primary N) is 1. The Labute approximate surface area is 110 Å². The standard InChI is InChI=1S/C13H18F2N2O2/c1-8(12-9(14)4-3-5-10(12)15)17-13(18)11(16)6-7-19-2/h3-5,8,11H,6-7,16H2,1-2H3,(H,17,18). The van der Waals surface area contributed by atoms with Crippen LogP contribution in [0.3, 0.4) is 0 Å². The number of amides is 1. The molecule has 0 aliphatic rings. The van der Waals surface area contributed by atoms with Crippen LogP contribution in [0, 0.1) is 11.6 Å². The summed E-state index contributed by atoms with van der Waals surface area (Å²) >= 11 is 0. The first kappa shape index (κ1) is 15.5. The van der Waals surface area contributed by atoms with E-state index < -0.39 is 29.6 Å². The summed E-state index contributed by atoms with van der Waals surface area (Å²) in [5, 5.41) is 2.49. The van der Waals surface area contributed by atoms with Gasteiger partial charge in [-0.25, -0.2) is 8.78 Å². The number of carbonyl (C=O) groups excluding carboxylic acids is 1. The second-order valence-electron chi connectivity index (χ2n) is 4.25. The third kappa shape index (κ3) is 4.25. The van der Waals surface area contributed by atoms with Crippen molar-refractivity contribution in [1.82, 2.24) is 5.32 Å². The first-order chi connectivity index (χ1) is 8.97. The van der Waals surface area contributed by atoms with E-state index in [2.05, 4.69) is 5.32 Å². The average molecular weight is 272 g/mol. The van der Waals surface area contributed by atoms with E-state index in [0.29, 0.717) is 13.0 Å². The van der Waals surface area contributed by atoms with Gasteiger partial charge in [0.25, 0.3) is 0 Å². The van der Waals surface area contributed by atoms with Gasteiger partial charge in [-0.15, -0.1) is 0 Å². The highest BCUT2D eigenvalue weighted by atomic mass is 19.1.